The number of nitrogens with zero attached hydrogens (tertiary/aromatic N) is 2. The second kappa shape index (κ2) is 5.07. The molecule has 2 aromatic rings. The fourth-order valence-corrected chi connectivity index (χ4v) is 5.56. The van der Waals surface area contributed by atoms with Gasteiger partial charge in [0.15, 0.2) is 0 Å². The Morgan fingerprint density at radius 1 is 1.08 bits per heavy atom. The van der Waals surface area contributed by atoms with Crippen molar-refractivity contribution in [2.75, 3.05) is 19.7 Å². The Labute approximate surface area is 151 Å². The van der Waals surface area contributed by atoms with E-state index in [0.29, 0.717) is 26.0 Å². The molecule has 1 saturated heterocycles. The topological polar surface area (TPSA) is 51.5 Å². The molecule has 5 nitrogen and oxygen atoms in total. The highest BCUT2D eigenvalue weighted by molar-refractivity contribution is 5.98. The number of piperidine rings is 1. The quantitative estimate of drug-likeness (QED) is 0.688. The van der Waals surface area contributed by atoms with Gasteiger partial charge in [-0.1, -0.05) is 24.3 Å². The zero-order valence-electron chi connectivity index (χ0n) is 14.5. The fraction of sp³-hybridized carbons (Fsp3) is 0.429. The van der Waals surface area contributed by atoms with Crippen molar-refractivity contribution in [2.45, 2.75) is 31.3 Å². The minimum absolute atomic E-state index is 0.0908. The third kappa shape index (κ3) is 1.79. The third-order valence-electron chi connectivity index (χ3n) is 6.68. The Balaban J connectivity index is 1.70. The average molecular weight is 348 g/mol. The SMILES string of the molecule is O=C1CC2C3=CCOC4CC(=O)n5c(c(c6ccccc65)CCN1C3)C42. The maximum absolute atomic E-state index is 13.0. The summed E-state index contributed by atoms with van der Waals surface area (Å²) in [5, 5.41) is 1.15. The third-order valence-corrected chi connectivity index (χ3v) is 6.68. The van der Waals surface area contributed by atoms with E-state index in [2.05, 4.69) is 12.1 Å². The summed E-state index contributed by atoms with van der Waals surface area (Å²) in [7, 11) is 0. The molecule has 26 heavy (non-hydrogen) atoms. The number of aromatic nitrogens is 1. The van der Waals surface area contributed by atoms with Gasteiger partial charge in [-0.25, -0.2) is 0 Å². The van der Waals surface area contributed by atoms with Crippen LogP contribution in [0, 0.1) is 5.92 Å². The van der Waals surface area contributed by atoms with Crippen molar-refractivity contribution in [1.82, 2.24) is 9.47 Å². The van der Waals surface area contributed by atoms with Gasteiger partial charge in [-0.15, -0.1) is 0 Å². The standard InChI is InChI=1S/C21H20N2O3/c24-18-9-15-12-6-8-26-17-10-19(25)23-16-4-2-1-3-13(16)14(21(23)20(15)17)5-7-22(18)11-12/h1-4,6,15,17,20H,5,7-11H2. The Hall–Kier alpha value is -2.40. The first-order chi connectivity index (χ1) is 12.7. The number of ether oxygens (including phenoxy) is 1. The monoisotopic (exact) mass is 348 g/mol. The predicted molar refractivity (Wildman–Crippen MR) is 96.1 cm³/mol. The van der Waals surface area contributed by atoms with Crippen LogP contribution in [0.4, 0.5) is 0 Å². The van der Waals surface area contributed by atoms with Crippen molar-refractivity contribution in [1.29, 1.82) is 0 Å². The van der Waals surface area contributed by atoms with E-state index in [9.17, 15) is 9.59 Å². The van der Waals surface area contributed by atoms with Gasteiger partial charge in [0.1, 0.15) is 0 Å². The molecular formula is C21H20N2O3. The van der Waals surface area contributed by atoms with Gasteiger partial charge in [0, 0.05) is 42.4 Å². The number of rotatable bonds is 0. The molecule has 0 radical (unpaired) electrons. The first-order valence-corrected chi connectivity index (χ1v) is 9.46. The van der Waals surface area contributed by atoms with Crippen LogP contribution >= 0.6 is 0 Å². The van der Waals surface area contributed by atoms with Crippen LogP contribution in [-0.4, -0.2) is 47.1 Å². The number of amides is 1. The number of fused-ring (bicyclic) bond motifs is 4. The Bertz CT molecular complexity index is 1000. The highest BCUT2D eigenvalue weighted by atomic mass is 16.5. The molecule has 1 aromatic carbocycles. The summed E-state index contributed by atoms with van der Waals surface area (Å²) in [5.74, 6) is 0.602. The van der Waals surface area contributed by atoms with Crippen LogP contribution in [0.25, 0.3) is 10.9 Å². The molecule has 5 heteroatoms. The smallest absolute Gasteiger partial charge is 0.233 e. The van der Waals surface area contributed by atoms with Crippen molar-refractivity contribution in [3.05, 3.63) is 47.2 Å². The number of carbonyl (C=O) groups is 2. The average Bonchev–Trinajstić information content (AvgIpc) is 2.91. The van der Waals surface area contributed by atoms with Crippen LogP contribution in [0.1, 0.15) is 34.8 Å². The first kappa shape index (κ1) is 14.7. The number of carbonyl (C=O) groups excluding carboxylic acids is 2. The second-order valence-electron chi connectivity index (χ2n) is 7.87. The molecule has 0 N–H and O–H groups in total. The van der Waals surface area contributed by atoms with Gasteiger partial charge in [0.05, 0.1) is 24.6 Å². The van der Waals surface area contributed by atoms with Crippen molar-refractivity contribution < 1.29 is 14.3 Å². The highest BCUT2D eigenvalue weighted by Crippen LogP contribution is 2.48. The lowest BCUT2D eigenvalue weighted by atomic mass is 9.74. The van der Waals surface area contributed by atoms with Crippen LogP contribution in [0.15, 0.2) is 35.9 Å². The van der Waals surface area contributed by atoms with Gasteiger partial charge in [0.25, 0.3) is 0 Å². The summed E-state index contributed by atoms with van der Waals surface area (Å²) in [5.41, 5.74) is 4.67. The molecule has 6 heterocycles. The molecule has 7 rings (SSSR count). The minimum atomic E-state index is -0.130. The van der Waals surface area contributed by atoms with Crippen LogP contribution in [0.5, 0.6) is 0 Å². The Kier molecular flexibility index (Phi) is 2.87. The molecule has 3 atom stereocenters. The summed E-state index contributed by atoms with van der Waals surface area (Å²) in [6, 6.07) is 8.20. The van der Waals surface area contributed by atoms with Gasteiger partial charge in [-0.2, -0.15) is 0 Å². The maximum atomic E-state index is 13.0. The van der Waals surface area contributed by atoms with E-state index in [0.717, 1.165) is 29.6 Å². The first-order valence-electron chi connectivity index (χ1n) is 9.46. The number of benzene rings is 1. The largest absolute Gasteiger partial charge is 0.373 e. The van der Waals surface area contributed by atoms with E-state index in [1.54, 1.807) is 0 Å². The molecular weight excluding hydrogens is 328 g/mol. The fourth-order valence-electron chi connectivity index (χ4n) is 5.56. The van der Waals surface area contributed by atoms with Gasteiger partial charge in [-0.3, -0.25) is 14.2 Å². The van der Waals surface area contributed by atoms with E-state index in [-0.39, 0.29) is 29.8 Å². The van der Waals surface area contributed by atoms with Crippen molar-refractivity contribution in [3.8, 4) is 0 Å². The molecule has 5 aliphatic heterocycles. The van der Waals surface area contributed by atoms with Crippen LogP contribution in [0.2, 0.25) is 0 Å². The van der Waals surface area contributed by atoms with E-state index in [4.69, 9.17) is 4.74 Å². The van der Waals surface area contributed by atoms with Crippen LogP contribution < -0.4 is 0 Å². The molecule has 5 aliphatic rings. The number of hydrogen-bond acceptors (Lipinski definition) is 3. The molecule has 1 aromatic heterocycles. The van der Waals surface area contributed by atoms with Gasteiger partial charge in [0.2, 0.25) is 11.8 Å². The summed E-state index contributed by atoms with van der Waals surface area (Å²) >= 11 is 0. The number of para-hydroxylation sites is 1. The molecule has 0 spiro atoms. The zero-order chi connectivity index (χ0) is 17.4. The molecule has 0 saturated carbocycles. The highest BCUT2D eigenvalue weighted by Gasteiger charge is 2.48. The molecule has 3 unspecified atom stereocenters. The van der Waals surface area contributed by atoms with Crippen LogP contribution in [-0.2, 0) is 16.0 Å². The summed E-state index contributed by atoms with van der Waals surface area (Å²) in [4.78, 5) is 27.7. The van der Waals surface area contributed by atoms with Crippen LogP contribution in [0.3, 0.4) is 0 Å². The molecule has 132 valence electrons. The lowest BCUT2D eigenvalue weighted by Gasteiger charge is -2.40. The van der Waals surface area contributed by atoms with Crippen molar-refractivity contribution in [3.63, 3.8) is 0 Å². The van der Waals surface area contributed by atoms with Gasteiger partial charge in [-0.05, 0) is 23.6 Å². The second-order valence-corrected chi connectivity index (χ2v) is 7.87. The lowest BCUT2D eigenvalue weighted by Crippen LogP contribution is -2.44. The molecule has 0 aliphatic carbocycles. The van der Waals surface area contributed by atoms with E-state index < -0.39 is 0 Å². The van der Waals surface area contributed by atoms with E-state index in [1.165, 1.54) is 11.1 Å². The number of hydrogen-bond donors (Lipinski definition) is 0. The molecule has 1 fully saturated rings. The Morgan fingerprint density at radius 2 is 1.96 bits per heavy atom. The van der Waals surface area contributed by atoms with E-state index >= 15 is 0 Å². The molecule has 4 bridgehead atoms. The van der Waals surface area contributed by atoms with E-state index in [1.807, 2.05) is 27.7 Å². The van der Waals surface area contributed by atoms with Crippen molar-refractivity contribution >= 4 is 22.7 Å². The summed E-state index contributed by atoms with van der Waals surface area (Å²) < 4.78 is 8.07. The van der Waals surface area contributed by atoms with Gasteiger partial charge >= 0.3 is 0 Å². The Morgan fingerprint density at radius 3 is 2.88 bits per heavy atom. The maximum Gasteiger partial charge on any atom is 0.233 e. The summed E-state index contributed by atoms with van der Waals surface area (Å²) in [6.45, 7) is 1.97. The minimum Gasteiger partial charge on any atom is -0.373 e. The van der Waals surface area contributed by atoms with Crippen molar-refractivity contribution in [2.24, 2.45) is 5.92 Å². The molecule has 1 amide bonds. The lowest BCUT2D eigenvalue weighted by molar-refractivity contribution is -0.133. The normalized spacial score (nSPS) is 29.9. The predicted octanol–water partition coefficient (Wildman–Crippen LogP) is 2.50. The zero-order valence-corrected chi connectivity index (χ0v) is 14.5. The van der Waals surface area contributed by atoms with Gasteiger partial charge < -0.3 is 9.64 Å². The summed E-state index contributed by atoms with van der Waals surface area (Å²) in [6.07, 6.45) is 3.75.